The molecular formula is C25H26O7. The minimum absolute atomic E-state index is 0.230. The van der Waals surface area contributed by atoms with Crippen LogP contribution in [0.2, 0.25) is 0 Å². The molecule has 0 saturated heterocycles. The Morgan fingerprint density at radius 2 is 1.47 bits per heavy atom. The summed E-state index contributed by atoms with van der Waals surface area (Å²) in [5, 5.41) is 0. The van der Waals surface area contributed by atoms with Crippen LogP contribution in [0.1, 0.15) is 35.7 Å². The van der Waals surface area contributed by atoms with Crippen molar-refractivity contribution in [3.8, 4) is 11.5 Å². The second kappa shape index (κ2) is 12.7. The number of carbonyl (C=O) groups excluding carboxylic acids is 3. The molecule has 0 aliphatic heterocycles. The van der Waals surface area contributed by atoms with Crippen LogP contribution < -0.4 is 9.47 Å². The Morgan fingerprint density at radius 1 is 0.875 bits per heavy atom. The molecule has 32 heavy (non-hydrogen) atoms. The lowest BCUT2D eigenvalue weighted by Gasteiger charge is -2.06. The van der Waals surface area contributed by atoms with Gasteiger partial charge in [-0.05, 0) is 67.8 Å². The van der Waals surface area contributed by atoms with E-state index in [1.807, 2.05) is 0 Å². The largest absolute Gasteiger partial charge is 0.497 e. The van der Waals surface area contributed by atoms with Crippen molar-refractivity contribution in [3.05, 3.63) is 77.9 Å². The summed E-state index contributed by atoms with van der Waals surface area (Å²) in [4.78, 5) is 35.2. The zero-order chi connectivity index (χ0) is 23.3. The van der Waals surface area contributed by atoms with E-state index < -0.39 is 17.9 Å². The molecule has 2 aromatic carbocycles. The number of esters is 3. The van der Waals surface area contributed by atoms with Gasteiger partial charge in [0.05, 0.1) is 25.9 Å². The van der Waals surface area contributed by atoms with Crippen molar-refractivity contribution in [2.24, 2.45) is 0 Å². The average molecular weight is 438 g/mol. The zero-order valence-corrected chi connectivity index (χ0v) is 18.2. The highest BCUT2D eigenvalue weighted by molar-refractivity contribution is 5.91. The molecule has 0 saturated carbocycles. The van der Waals surface area contributed by atoms with E-state index >= 15 is 0 Å². The molecule has 0 atom stereocenters. The highest BCUT2D eigenvalue weighted by Crippen LogP contribution is 2.17. The fourth-order valence-corrected chi connectivity index (χ4v) is 2.42. The van der Waals surface area contributed by atoms with Crippen LogP contribution in [0.3, 0.4) is 0 Å². The van der Waals surface area contributed by atoms with E-state index in [1.165, 1.54) is 6.08 Å². The van der Waals surface area contributed by atoms with Crippen LogP contribution in [0.4, 0.5) is 0 Å². The second-order valence-electron chi connectivity index (χ2n) is 6.81. The van der Waals surface area contributed by atoms with Crippen molar-refractivity contribution in [2.45, 2.75) is 19.8 Å². The zero-order valence-electron chi connectivity index (χ0n) is 18.2. The van der Waals surface area contributed by atoms with Gasteiger partial charge in [0.1, 0.15) is 11.5 Å². The van der Waals surface area contributed by atoms with E-state index in [-0.39, 0.29) is 13.2 Å². The standard InChI is InChI=1S/C25H26O7/c1-18(2)24(27)31-17-5-4-16-30-23(26)15-8-19-6-11-22(12-7-19)32-25(28)20-9-13-21(29-3)14-10-20/h6-15H,1,4-5,16-17H2,2-3H3/b15-8+. The van der Waals surface area contributed by atoms with Crippen LogP contribution >= 0.6 is 0 Å². The van der Waals surface area contributed by atoms with Crippen LogP contribution in [0.5, 0.6) is 11.5 Å². The number of hydrogen-bond acceptors (Lipinski definition) is 7. The summed E-state index contributed by atoms with van der Waals surface area (Å²) in [5.41, 5.74) is 1.51. The predicted molar refractivity (Wildman–Crippen MR) is 119 cm³/mol. The lowest BCUT2D eigenvalue weighted by molar-refractivity contribution is -0.140. The number of benzene rings is 2. The molecule has 0 spiro atoms. The Kier molecular flexibility index (Phi) is 9.71. The van der Waals surface area contributed by atoms with E-state index in [2.05, 4.69) is 6.58 Å². The van der Waals surface area contributed by atoms with Gasteiger partial charge in [0.25, 0.3) is 0 Å². The first-order valence-corrected chi connectivity index (χ1v) is 10.0. The molecule has 0 aliphatic carbocycles. The van der Waals surface area contributed by atoms with E-state index in [0.717, 1.165) is 5.56 Å². The minimum Gasteiger partial charge on any atom is -0.497 e. The SMILES string of the molecule is C=C(C)C(=O)OCCCCOC(=O)/C=C/c1ccc(OC(=O)c2ccc(OC)cc2)cc1. The van der Waals surface area contributed by atoms with Crippen LogP contribution in [0, 0.1) is 0 Å². The number of carbonyl (C=O) groups is 3. The Morgan fingerprint density at radius 3 is 2.06 bits per heavy atom. The number of hydrogen-bond donors (Lipinski definition) is 0. The molecular weight excluding hydrogens is 412 g/mol. The molecule has 0 unspecified atom stereocenters. The van der Waals surface area contributed by atoms with Gasteiger partial charge in [-0.1, -0.05) is 18.7 Å². The number of methoxy groups -OCH3 is 1. The lowest BCUT2D eigenvalue weighted by Crippen LogP contribution is -2.08. The first-order valence-electron chi connectivity index (χ1n) is 10.0. The van der Waals surface area contributed by atoms with Crippen LogP contribution in [0.25, 0.3) is 6.08 Å². The van der Waals surface area contributed by atoms with Crippen molar-refractivity contribution in [3.63, 3.8) is 0 Å². The maximum Gasteiger partial charge on any atom is 0.343 e. The van der Waals surface area contributed by atoms with Crippen molar-refractivity contribution in [1.29, 1.82) is 0 Å². The molecule has 168 valence electrons. The molecule has 0 heterocycles. The highest BCUT2D eigenvalue weighted by Gasteiger charge is 2.08. The van der Waals surface area contributed by atoms with Gasteiger partial charge < -0.3 is 18.9 Å². The molecule has 0 aromatic heterocycles. The normalized spacial score (nSPS) is 10.4. The first kappa shape index (κ1) is 24.4. The van der Waals surface area contributed by atoms with Gasteiger partial charge in [-0.15, -0.1) is 0 Å². The van der Waals surface area contributed by atoms with Crippen molar-refractivity contribution >= 4 is 24.0 Å². The Hall–Kier alpha value is -3.87. The van der Waals surface area contributed by atoms with Crippen molar-refractivity contribution in [1.82, 2.24) is 0 Å². The molecule has 2 aromatic rings. The Bertz CT molecular complexity index is 957. The van der Waals surface area contributed by atoms with Gasteiger partial charge in [0, 0.05) is 11.6 Å². The number of unbranched alkanes of at least 4 members (excludes halogenated alkanes) is 1. The van der Waals surface area contributed by atoms with Crippen molar-refractivity contribution in [2.75, 3.05) is 20.3 Å². The topological polar surface area (TPSA) is 88.1 Å². The number of rotatable bonds is 11. The van der Waals surface area contributed by atoms with Crippen LogP contribution in [0.15, 0.2) is 66.8 Å². The summed E-state index contributed by atoms with van der Waals surface area (Å²) < 4.78 is 20.5. The summed E-state index contributed by atoms with van der Waals surface area (Å²) in [6.45, 7) is 5.57. The quantitative estimate of drug-likeness (QED) is 0.223. The molecule has 2 rings (SSSR count). The molecule has 0 amide bonds. The monoisotopic (exact) mass is 438 g/mol. The molecule has 0 radical (unpaired) electrons. The molecule has 0 bridgehead atoms. The molecule has 0 N–H and O–H groups in total. The van der Waals surface area contributed by atoms with E-state index in [1.54, 1.807) is 68.6 Å². The number of ether oxygens (including phenoxy) is 4. The fourth-order valence-electron chi connectivity index (χ4n) is 2.42. The summed E-state index contributed by atoms with van der Waals surface area (Å²) >= 11 is 0. The summed E-state index contributed by atoms with van der Waals surface area (Å²) in [5.74, 6) is -0.336. The second-order valence-corrected chi connectivity index (χ2v) is 6.81. The van der Waals surface area contributed by atoms with Gasteiger partial charge >= 0.3 is 17.9 Å². The van der Waals surface area contributed by atoms with E-state index in [9.17, 15) is 14.4 Å². The van der Waals surface area contributed by atoms with Gasteiger partial charge in [0.15, 0.2) is 0 Å². The fraction of sp³-hybridized carbons (Fsp3) is 0.240. The summed E-state index contributed by atoms with van der Waals surface area (Å²) in [6.07, 6.45) is 4.09. The minimum atomic E-state index is -0.478. The van der Waals surface area contributed by atoms with Gasteiger partial charge in [0.2, 0.25) is 0 Å². The predicted octanol–water partition coefficient (Wildman–Crippen LogP) is 4.37. The highest BCUT2D eigenvalue weighted by atomic mass is 16.5. The third-order valence-electron chi connectivity index (χ3n) is 4.19. The molecule has 7 heteroatoms. The van der Waals surface area contributed by atoms with E-state index in [4.69, 9.17) is 18.9 Å². The maximum atomic E-state index is 12.2. The van der Waals surface area contributed by atoms with Crippen LogP contribution in [-0.2, 0) is 19.1 Å². The van der Waals surface area contributed by atoms with Gasteiger partial charge in [-0.25, -0.2) is 14.4 Å². The lowest BCUT2D eigenvalue weighted by atomic mass is 10.2. The van der Waals surface area contributed by atoms with Crippen LogP contribution in [-0.4, -0.2) is 38.2 Å². The summed E-state index contributed by atoms with van der Waals surface area (Å²) in [7, 11) is 1.55. The molecule has 0 aliphatic rings. The van der Waals surface area contributed by atoms with Gasteiger partial charge in [-0.2, -0.15) is 0 Å². The van der Waals surface area contributed by atoms with Crippen molar-refractivity contribution < 1.29 is 33.3 Å². The average Bonchev–Trinajstić information content (AvgIpc) is 2.80. The maximum absolute atomic E-state index is 12.2. The first-order chi connectivity index (χ1) is 15.4. The molecule has 0 fully saturated rings. The smallest absolute Gasteiger partial charge is 0.343 e. The Labute approximate surface area is 187 Å². The van der Waals surface area contributed by atoms with E-state index in [0.29, 0.717) is 35.5 Å². The molecule has 7 nitrogen and oxygen atoms in total. The Balaban J connectivity index is 1.71. The third kappa shape index (κ3) is 8.47. The summed E-state index contributed by atoms with van der Waals surface area (Å²) in [6, 6.07) is 13.3. The third-order valence-corrected chi connectivity index (χ3v) is 4.19. The van der Waals surface area contributed by atoms with Gasteiger partial charge in [-0.3, -0.25) is 0 Å².